The molecule has 0 saturated carbocycles. The third-order valence-electron chi connectivity index (χ3n) is 4.76. The van der Waals surface area contributed by atoms with E-state index in [0.717, 1.165) is 29.6 Å². The van der Waals surface area contributed by atoms with E-state index in [-0.39, 0.29) is 24.0 Å². The third-order valence-corrected chi connectivity index (χ3v) is 5.89. The van der Waals surface area contributed by atoms with Gasteiger partial charge in [0.15, 0.2) is 5.96 Å². The summed E-state index contributed by atoms with van der Waals surface area (Å²) >= 11 is 1.77. The summed E-state index contributed by atoms with van der Waals surface area (Å²) in [7, 11) is 1.79. The summed E-state index contributed by atoms with van der Waals surface area (Å²) in [4.78, 5) is 10.2. The van der Waals surface area contributed by atoms with Crippen molar-refractivity contribution in [1.29, 1.82) is 0 Å². The molecule has 0 aliphatic carbocycles. The minimum atomic E-state index is 0. The van der Waals surface area contributed by atoms with E-state index in [1.54, 1.807) is 18.4 Å². The van der Waals surface area contributed by atoms with Crippen molar-refractivity contribution in [2.24, 2.45) is 4.99 Å². The molecule has 0 atom stereocenters. The first-order chi connectivity index (χ1) is 14.6. The fourth-order valence-electron chi connectivity index (χ4n) is 3.03. The smallest absolute Gasteiger partial charge is 0.191 e. The summed E-state index contributed by atoms with van der Waals surface area (Å²) in [6, 6.07) is 18.7. The van der Waals surface area contributed by atoms with Gasteiger partial charge in [0.05, 0.1) is 23.9 Å². The Kier molecular flexibility index (Phi) is 11.0. The van der Waals surface area contributed by atoms with Gasteiger partial charge in [-0.3, -0.25) is 4.99 Å². The van der Waals surface area contributed by atoms with Crippen molar-refractivity contribution in [1.82, 2.24) is 15.6 Å². The Morgan fingerprint density at radius 1 is 0.968 bits per heavy atom. The van der Waals surface area contributed by atoms with Gasteiger partial charge in [-0.25, -0.2) is 4.98 Å². The van der Waals surface area contributed by atoms with E-state index in [4.69, 9.17) is 4.74 Å². The van der Waals surface area contributed by atoms with E-state index in [2.05, 4.69) is 70.9 Å². The fraction of sp³-hybridized carbons (Fsp3) is 0.333. The molecule has 31 heavy (non-hydrogen) atoms. The number of thiazole rings is 1. The molecule has 2 N–H and O–H groups in total. The molecule has 0 amide bonds. The van der Waals surface area contributed by atoms with Crippen LogP contribution in [0, 0.1) is 13.8 Å². The van der Waals surface area contributed by atoms with Gasteiger partial charge >= 0.3 is 0 Å². The number of ether oxygens (including phenoxy) is 1. The Balaban J connectivity index is 0.00000341. The van der Waals surface area contributed by atoms with Crippen LogP contribution in [0.1, 0.15) is 32.3 Å². The monoisotopic (exact) mass is 550 g/mol. The highest BCUT2D eigenvalue weighted by Crippen LogP contribution is 2.16. The highest BCUT2D eigenvalue weighted by atomic mass is 127. The maximum atomic E-state index is 5.85. The summed E-state index contributed by atoms with van der Waals surface area (Å²) in [5.74, 6) is 0.797. The molecule has 0 bridgehead atoms. The van der Waals surface area contributed by atoms with Crippen LogP contribution in [0.25, 0.3) is 0 Å². The van der Waals surface area contributed by atoms with Gasteiger partial charge < -0.3 is 15.4 Å². The van der Waals surface area contributed by atoms with E-state index in [1.165, 1.54) is 21.6 Å². The number of halogens is 1. The third kappa shape index (κ3) is 8.59. The number of benzene rings is 2. The number of hydrogen-bond acceptors (Lipinski definition) is 4. The zero-order chi connectivity index (χ0) is 21.2. The number of aliphatic imine (C=N–C) groups is 1. The van der Waals surface area contributed by atoms with Crippen molar-refractivity contribution in [3.05, 3.63) is 86.9 Å². The van der Waals surface area contributed by atoms with Gasteiger partial charge in [-0.1, -0.05) is 54.6 Å². The molecule has 2 aromatic carbocycles. The van der Waals surface area contributed by atoms with Crippen molar-refractivity contribution >= 4 is 41.3 Å². The van der Waals surface area contributed by atoms with E-state index in [9.17, 15) is 0 Å². The molecule has 0 radical (unpaired) electrons. The zero-order valence-corrected chi connectivity index (χ0v) is 21.5. The summed E-state index contributed by atoms with van der Waals surface area (Å²) < 4.78 is 5.85. The first-order valence-corrected chi connectivity index (χ1v) is 11.0. The average Bonchev–Trinajstić information content (AvgIpc) is 3.09. The van der Waals surface area contributed by atoms with Gasteiger partial charge in [0, 0.05) is 31.4 Å². The van der Waals surface area contributed by atoms with Gasteiger partial charge in [0.25, 0.3) is 0 Å². The normalized spacial score (nSPS) is 11.1. The van der Waals surface area contributed by atoms with Gasteiger partial charge in [0.1, 0.15) is 0 Å². The minimum Gasteiger partial charge on any atom is -0.372 e. The molecule has 1 aromatic heterocycles. The quantitative estimate of drug-likeness (QED) is 0.224. The molecule has 3 rings (SSSR count). The molecule has 7 heteroatoms. The molecular weight excluding hydrogens is 519 g/mol. The first kappa shape index (κ1) is 25.3. The van der Waals surface area contributed by atoms with Crippen molar-refractivity contribution in [3.63, 3.8) is 0 Å². The second-order valence-electron chi connectivity index (χ2n) is 7.15. The lowest BCUT2D eigenvalue weighted by Crippen LogP contribution is -2.37. The van der Waals surface area contributed by atoms with Crippen molar-refractivity contribution < 1.29 is 4.74 Å². The van der Waals surface area contributed by atoms with Gasteiger partial charge in [0.2, 0.25) is 0 Å². The fourth-order valence-corrected chi connectivity index (χ4v) is 3.96. The van der Waals surface area contributed by atoms with E-state index in [1.807, 2.05) is 18.2 Å². The predicted octanol–water partition coefficient (Wildman–Crippen LogP) is 5.00. The van der Waals surface area contributed by atoms with Gasteiger partial charge in [-0.15, -0.1) is 35.3 Å². The van der Waals surface area contributed by atoms with Crippen LogP contribution in [-0.2, 0) is 30.9 Å². The van der Waals surface area contributed by atoms with Crippen LogP contribution in [0.3, 0.4) is 0 Å². The number of nitrogens with one attached hydrogen (secondary N) is 2. The summed E-state index contributed by atoms with van der Waals surface area (Å²) in [5.41, 5.74) is 4.69. The standard InChI is InChI=1S/C24H30N4OS.HI/c1-18-19(2)30-23(28-18)12-13-26-24(25-3)27-15-21-10-7-11-22(14-21)17-29-16-20-8-5-4-6-9-20;/h4-11,14H,12-13,15-17H2,1-3H3,(H2,25,26,27);1H. The van der Waals surface area contributed by atoms with Gasteiger partial charge in [-0.05, 0) is 30.5 Å². The zero-order valence-electron chi connectivity index (χ0n) is 18.4. The molecule has 0 aliphatic heterocycles. The predicted molar refractivity (Wildman–Crippen MR) is 140 cm³/mol. The molecule has 0 spiro atoms. The molecular formula is C24H31IN4OS. The molecule has 5 nitrogen and oxygen atoms in total. The highest BCUT2D eigenvalue weighted by Gasteiger charge is 2.05. The Morgan fingerprint density at radius 2 is 1.68 bits per heavy atom. The minimum absolute atomic E-state index is 0. The summed E-state index contributed by atoms with van der Waals surface area (Å²) in [6.45, 7) is 6.91. The summed E-state index contributed by atoms with van der Waals surface area (Å²) in [5, 5.41) is 7.91. The van der Waals surface area contributed by atoms with Crippen molar-refractivity contribution in [2.45, 2.75) is 40.0 Å². The van der Waals surface area contributed by atoms with Crippen LogP contribution in [0.5, 0.6) is 0 Å². The lowest BCUT2D eigenvalue weighted by Gasteiger charge is -2.12. The van der Waals surface area contributed by atoms with Crippen LogP contribution < -0.4 is 10.6 Å². The molecule has 0 fully saturated rings. The maximum Gasteiger partial charge on any atom is 0.191 e. The second-order valence-corrected chi connectivity index (χ2v) is 8.44. The molecule has 0 saturated heterocycles. The number of rotatable bonds is 9. The Labute approximate surface area is 206 Å². The average molecular weight is 551 g/mol. The second kappa shape index (κ2) is 13.4. The first-order valence-electron chi connectivity index (χ1n) is 10.2. The number of aryl methyl sites for hydroxylation is 2. The van der Waals surface area contributed by atoms with Crippen LogP contribution in [0.2, 0.25) is 0 Å². The molecule has 0 aliphatic rings. The largest absolute Gasteiger partial charge is 0.372 e. The van der Waals surface area contributed by atoms with Crippen molar-refractivity contribution in [2.75, 3.05) is 13.6 Å². The number of aromatic nitrogens is 1. The summed E-state index contributed by atoms with van der Waals surface area (Å²) in [6.07, 6.45) is 0.897. The van der Waals surface area contributed by atoms with E-state index < -0.39 is 0 Å². The highest BCUT2D eigenvalue weighted by molar-refractivity contribution is 14.0. The molecule has 0 unspecified atom stereocenters. The van der Waals surface area contributed by atoms with E-state index in [0.29, 0.717) is 19.8 Å². The van der Waals surface area contributed by atoms with Crippen LogP contribution >= 0.6 is 35.3 Å². The molecule has 3 aromatic rings. The van der Waals surface area contributed by atoms with Crippen LogP contribution in [0.15, 0.2) is 59.6 Å². The SMILES string of the molecule is CN=C(NCCc1nc(C)c(C)s1)NCc1cccc(COCc2ccccc2)c1.I. The Morgan fingerprint density at radius 3 is 2.39 bits per heavy atom. The number of nitrogens with zero attached hydrogens (tertiary/aromatic N) is 2. The Bertz CT molecular complexity index is 940. The van der Waals surface area contributed by atoms with Crippen LogP contribution in [0.4, 0.5) is 0 Å². The van der Waals surface area contributed by atoms with Gasteiger partial charge in [-0.2, -0.15) is 0 Å². The molecule has 1 heterocycles. The topological polar surface area (TPSA) is 58.5 Å². The van der Waals surface area contributed by atoms with Crippen LogP contribution in [-0.4, -0.2) is 24.5 Å². The number of hydrogen-bond donors (Lipinski definition) is 2. The number of guanidine groups is 1. The molecule has 166 valence electrons. The lowest BCUT2D eigenvalue weighted by atomic mass is 10.1. The lowest BCUT2D eigenvalue weighted by molar-refractivity contribution is 0.107. The van der Waals surface area contributed by atoms with E-state index >= 15 is 0 Å². The van der Waals surface area contributed by atoms with Crippen molar-refractivity contribution in [3.8, 4) is 0 Å². The maximum absolute atomic E-state index is 5.85. The Hall–Kier alpha value is -1.97.